The highest BCUT2D eigenvalue weighted by Crippen LogP contribution is 2.28. The third-order valence-corrected chi connectivity index (χ3v) is 6.32. The Morgan fingerprint density at radius 3 is 2.84 bits per heavy atom. The second-order valence-corrected chi connectivity index (χ2v) is 9.23. The van der Waals surface area contributed by atoms with Crippen molar-refractivity contribution in [2.24, 2.45) is 0 Å². The van der Waals surface area contributed by atoms with E-state index < -0.39 is 0 Å². The zero-order chi connectivity index (χ0) is 21.4. The van der Waals surface area contributed by atoms with Gasteiger partial charge >= 0.3 is 0 Å². The predicted octanol–water partition coefficient (Wildman–Crippen LogP) is 4.14. The van der Waals surface area contributed by atoms with Crippen LogP contribution < -0.4 is 5.32 Å². The number of hydrogen-bond donors (Lipinski definition) is 1. The summed E-state index contributed by atoms with van der Waals surface area (Å²) < 4.78 is 14.1. The molecule has 5 rings (SSSR count). The van der Waals surface area contributed by atoms with Gasteiger partial charge in [0, 0.05) is 42.9 Å². The quantitative estimate of drug-likeness (QED) is 0.488. The van der Waals surface area contributed by atoms with E-state index in [4.69, 9.17) is 14.7 Å². The third kappa shape index (κ3) is 4.20. The average Bonchev–Trinajstić information content (AvgIpc) is 3.48. The van der Waals surface area contributed by atoms with Crippen molar-refractivity contribution < 1.29 is 4.74 Å². The molecule has 0 saturated carbocycles. The Kier molecular flexibility index (Phi) is 5.45. The lowest BCUT2D eigenvalue weighted by Gasteiger charge is -2.22. The standard InChI is InChI=1S/C22H27N7OS/c1-14(2)24-22-21-19(25-20(26-22)11-18-10-15(3)27-31-18)4-7-28(21)17-12-23-29(13-17)16-5-8-30-9-6-16/h4,7,10,12-14,16H,5-6,8-9,11H2,1-3H3,(H,24,25,26). The first-order chi connectivity index (χ1) is 15.1. The molecule has 0 bridgehead atoms. The molecular formula is C22H27N7OS. The van der Waals surface area contributed by atoms with Gasteiger partial charge in [0.2, 0.25) is 0 Å². The summed E-state index contributed by atoms with van der Waals surface area (Å²) in [6, 6.07) is 4.80. The number of nitrogens with zero attached hydrogens (tertiary/aromatic N) is 6. The molecule has 5 heterocycles. The summed E-state index contributed by atoms with van der Waals surface area (Å²) in [7, 11) is 0. The van der Waals surface area contributed by atoms with E-state index in [0.717, 1.165) is 60.1 Å². The van der Waals surface area contributed by atoms with Crippen LogP contribution >= 0.6 is 11.5 Å². The largest absolute Gasteiger partial charge is 0.381 e. The van der Waals surface area contributed by atoms with Crippen molar-refractivity contribution in [2.75, 3.05) is 18.5 Å². The molecule has 1 aliphatic rings. The Bertz CT molecular complexity index is 1190. The maximum absolute atomic E-state index is 5.49. The number of nitrogens with one attached hydrogen (secondary N) is 1. The molecule has 0 spiro atoms. The summed E-state index contributed by atoms with van der Waals surface area (Å²) in [5, 5.41) is 8.16. The first kappa shape index (κ1) is 20.1. The van der Waals surface area contributed by atoms with Crippen LogP contribution in [0.5, 0.6) is 0 Å². The van der Waals surface area contributed by atoms with E-state index in [2.05, 4.69) is 62.4 Å². The molecule has 1 aliphatic heterocycles. The summed E-state index contributed by atoms with van der Waals surface area (Å²) in [6.07, 6.45) is 8.76. The number of aryl methyl sites for hydroxylation is 1. The second kappa shape index (κ2) is 8.39. The van der Waals surface area contributed by atoms with Crippen molar-refractivity contribution in [2.45, 2.75) is 52.1 Å². The van der Waals surface area contributed by atoms with Crippen molar-refractivity contribution in [3.8, 4) is 5.69 Å². The molecule has 31 heavy (non-hydrogen) atoms. The minimum absolute atomic E-state index is 0.255. The summed E-state index contributed by atoms with van der Waals surface area (Å²) in [5.41, 5.74) is 3.95. The molecule has 0 amide bonds. The highest BCUT2D eigenvalue weighted by atomic mass is 32.1. The van der Waals surface area contributed by atoms with Gasteiger partial charge in [0.1, 0.15) is 11.3 Å². The van der Waals surface area contributed by atoms with Gasteiger partial charge in [-0.05, 0) is 57.3 Å². The molecule has 162 valence electrons. The Morgan fingerprint density at radius 2 is 2.10 bits per heavy atom. The van der Waals surface area contributed by atoms with E-state index in [1.54, 1.807) is 0 Å². The van der Waals surface area contributed by atoms with Gasteiger partial charge in [-0.1, -0.05) is 0 Å². The Labute approximate surface area is 185 Å². The van der Waals surface area contributed by atoms with E-state index >= 15 is 0 Å². The lowest BCUT2D eigenvalue weighted by atomic mass is 10.1. The molecule has 0 atom stereocenters. The molecule has 0 radical (unpaired) electrons. The number of aromatic nitrogens is 6. The molecule has 0 aliphatic carbocycles. The van der Waals surface area contributed by atoms with Crippen LogP contribution in [0.15, 0.2) is 30.7 Å². The van der Waals surface area contributed by atoms with Crippen molar-refractivity contribution >= 4 is 28.4 Å². The fourth-order valence-electron chi connectivity index (χ4n) is 4.02. The second-order valence-electron chi connectivity index (χ2n) is 8.34. The lowest BCUT2D eigenvalue weighted by molar-refractivity contribution is 0.0662. The van der Waals surface area contributed by atoms with Gasteiger partial charge in [-0.3, -0.25) is 4.68 Å². The smallest absolute Gasteiger partial charge is 0.154 e. The molecule has 4 aromatic heterocycles. The van der Waals surface area contributed by atoms with Gasteiger partial charge in [-0.2, -0.15) is 9.47 Å². The molecule has 4 aromatic rings. The molecule has 9 heteroatoms. The van der Waals surface area contributed by atoms with Crippen molar-refractivity contribution in [1.82, 2.24) is 28.7 Å². The number of fused-ring (bicyclic) bond motifs is 1. The minimum atomic E-state index is 0.255. The highest BCUT2D eigenvalue weighted by molar-refractivity contribution is 7.05. The number of anilines is 1. The van der Waals surface area contributed by atoms with E-state index in [0.29, 0.717) is 12.5 Å². The first-order valence-electron chi connectivity index (χ1n) is 10.8. The van der Waals surface area contributed by atoms with Gasteiger partial charge in [-0.25, -0.2) is 9.97 Å². The molecule has 1 saturated heterocycles. The Morgan fingerprint density at radius 1 is 1.26 bits per heavy atom. The van der Waals surface area contributed by atoms with Crippen LogP contribution in [-0.4, -0.2) is 47.9 Å². The molecule has 0 unspecified atom stereocenters. The van der Waals surface area contributed by atoms with E-state index in [-0.39, 0.29) is 6.04 Å². The Balaban J connectivity index is 1.52. The zero-order valence-corrected chi connectivity index (χ0v) is 18.9. The number of hydrogen-bond acceptors (Lipinski definition) is 7. The third-order valence-electron chi connectivity index (χ3n) is 5.45. The average molecular weight is 438 g/mol. The minimum Gasteiger partial charge on any atom is -0.381 e. The van der Waals surface area contributed by atoms with Crippen molar-refractivity contribution in [3.63, 3.8) is 0 Å². The molecule has 1 N–H and O–H groups in total. The van der Waals surface area contributed by atoms with Crippen LogP contribution in [0.1, 0.15) is 49.1 Å². The Hall–Kier alpha value is -2.78. The molecule has 0 aromatic carbocycles. The summed E-state index contributed by atoms with van der Waals surface area (Å²) in [5.74, 6) is 1.65. The van der Waals surface area contributed by atoms with Gasteiger partial charge in [-0.15, -0.1) is 0 Å². The fourth-order valence-corrected chi connectivity index (χ4v) is 4.75. The van der Waals surface area contributed by atoms with Crippen LogP contribution in [0, 0.1) is 6.92 Å². The summed E-state index contributed by atoms with van der Waals surface area (Å²) in [6.45, 7) is 7.85. The lowest BCUT2D eigenvalue weighted by Crippen LogP contribution is -2.19. The monoisotopic (exact) mass is 437 g/mol. The molecule has 8 nitrogen and oxygen atoms in total. The van der Waals surface area contributed by atoms with E-state index in [1.807, 2.05) is 13.1 Å². The number of rotatable bonds is 6. The topological polar surface area (TPSA) is 82.7 Å². The predicted molar refractivity (Wildman–Crippen MR) is 122 cm³/mol. The van der Waals surface area contributed by atoms with Crippen LogP contribution in [0.25, 0.3) is 16.7 Å². The number of ether oxygens (including phenoxy) is 1. The van der Waals surface area contributed by atoms with Gasteiger partial charge in [0.15, 0.2) is 5.82 Å². The van der Waals surface area contributed by atoms with Gasteiger partial charge in [0.05, 0.1) is 29.1 Å². The molecule has 1 fully saturated rings. The van der Waals surface area contributed by atoms with Crippen LogP contribution in [0.4, 0.5) is 5.82 Å². The van der Waals surface area contributed by atoms with Crippen LogP contribution in [0.3, 0.4) is 0 Å². The first-order valence-corrected chi connectivity index (χ1v) is 11.5. The zero-order valence-electron chi connectivity index (χ0n) is 18.1. The van der Waals surface area contributed by atoms with E-state index in [1.165, 1.54) is 16.4 Å². The normalized spacial score (nSPS) is 15.2. The summed E-state index contributed by atoms with van der Waals surface area (Å²) >= 11 is 1.51. The van der Waals surface area contributed by atoms with Gasteiger partial charge in [0.25, 0.3) is 0 Å². The van der Waals surface area contributed by atoms with E-state index in [9.17, 15) is 0 Å². The molecular weight excluding hydrogens is 410 g/mol. The van der Waals surface area contributed by atoms with Crippen LogP contribution in [-0.2, 0) is 11.2 Å². The maximum Gasteiger partial charge on any atom is 0.154 e. The van der Waals surface area contributed by atoms with Crippen LogP contribution in [0.2, 0.25) is 0 Å². The highest BCUT2D eigenvalue weighted by Gasteiger charge is 2.19. The maximum atomic E-state index is 5.49. The van der Waals surface area contributed by atoms with Crippen molar-refractivity contribution in [3.05, 3.63) is 47.1 Å². The fraction of sp³-hybridized carbons (Fsp3) is 0.455. The SMILES string of the molecule is Cc1cc(Cc2nc(NC(C)C)c3c(ccn3-c3cnn(C4CCOCC4)c3)n2)sn1. The summed E-state index contributed by atoms with van der Waals surface area (Å²) in [4.78, 5) is 10.9. The van der Waals surface area contributed by atoms with Crippen molar-refractivity contribution in [1.29, 1.82) is 0 Å². The van der Waals surface area contributed by atoms with Gasteiger partial charge < -0.3 is 14.6 Å².